The van der Waals surface area contributed by atoms with Crippen LogP contribution in [0.3, 0.4) is 0 Å². The first kappa shape index (κ1) is 20.9. The van der Waals surface area contributed by atoms with Crippen LogP contribution in [0.5, 0.6) is 0 Å². The van der Waals surface area contributed by atoms with Crippen molar-refractivity contribution in [2.75, 3.05) is 43.5 Å². The maximum atomic E-state index is 13.3. The lowest BCUT2D eigenvalue weighted by molar-refractivity contribution is -0.00514. The first-order chi connectivity index (χ1) is 15.5. The molecule has 0 unspecified atom stereocenters. The minimum absolute atomic E-state index is 0.0148. The third-order valence-corrected chi connectivity index (χ3v) is 5.91. The van der Waals surface area contributed by atoms with Crippen molar-refractivity contribution in [3.8, 4) is 11.3 Å². The maximum Gasteiger partial charge on any atom is 0.353 e. The molecule has 0 saturated carbocycles. The van der Waals surface area contributed by atoms with Gasteiger partial charge in [-0.25, -0.2) is 18.9 Å². The van der Waals surface area contributed by atoms with Gasteiger partial charge in [-0.05, 0) is 13.8 Å². The van der Waals surface area contributed by atoms with Crippen LogP contribution < -0.4 is 21.6 Å². The highest BCUT2D eigenvalue weighted by atomic mass is 16.5. The van der Waals surface area contributed by atoms with E-state index in [0.717, 1.165) is 17.8 Å². The third kappa shape index (κ3) is 3.85. The molecular weight excluding hydrogens is 410 g/mol. The summed E-state index contributed by atoms with van der Waals surface area (Å²) in [6.07, 6.45) is 0.0785. The van der Waals surface area contributed by atoms with Gasteiger partial charge in [0.2, 0.25) is 5.95 Å². The van der Waals surface area contributed by atoms with E-state index in [0.29, 0.717) is 44.2 Å². The molecular formula is C22H29N7O3. The zero-order valence-electron chi connectivity index (χ0n) is 18.4. The second-order valence-electron chi connectivity index (χ2n) is 8.55. The number of benzene rings is 1. The summed E-state index contributed by atoms with van der Waals surface area (Å²) >= 11 is 0. The monoisotopic (exact) mass is 439 g/mol. The lowest BCUT2D eigenvalue weighted by Gasteiger charge is -2.37. The van der Waals surface area contributed by atoms with Crippen LogP contribution in [-0.4, -0.2) is 70.3 Å². The van der Waals surface area contributed by atoms with Gasteiger partial charge in [0.15, 0.2) is 5.65 Å². The molecule has 4 heterocycles. The number of morpholine rings is 2. The Morgan fingerprint density at radius 1 is 1.19 bits per heavy atom. The van der Waals surface area contributed by atoms with Crippen LogP contribution in [0, 0.1) is 0 Å². The van der Waals surface area contributed by atoms with E-state index in [4.69, 9.17) is 20.3 Å². The highest BCUT2D eigenvalue weighted by molar-refractivity contribution is 5.86. The van der Waals surface area contributed by atoms with Gasteiger partial charge < -0.3 is 25.4 Å². The lowest BCUT2D eigenvalue weighted by atomic mass is 10.1. The van der Waals surface area contributed by atoms with Crippen LogP contribution in [0.1, 0.15) is 13.8 Å². The fourth-order valence-corrected chi connectivity index (χ4v) is 4.60. The molecule has 10 nitrogen and oxygen atoms in total. The average Bonchev–Trinajstić information content (AvgIpc) is 3.10. The number of rotatable bonds is 4. The Hall–Kier alpha value is -2.95. The molecule has 0 bridgehead atoms. The fraction of sp³-hybridized carbons (Fsp3) is 0.500. The van der Waals surface area contributed by atoms with Crippen molar-refractivity contribution in [2.24, 2.45) is 0 Å². The van der Waals surface area contributed by atoms with Crippen LogP contribution in [0.2, 0.25) is 0 Å². The van der Waals surface area contributed by atoms with Crippen molar-refractivity contribution >= 4 is 17.3 Å². The lowest BCUT2D eigenvalue weighted by Crippen LogP contribution is -2.46. The molecule has 170 valence electrons. The van der Waals surface area contributed by atoms with E-state index in [1.165, 1.54) is 9.08 Å². The number of nitrogen functional groups attached to an aromatic ring is 1. The van der Waals surface area contributed by atoms with Crippen molar-refractivity contribution in [1.82, 2.24) is 24.5 Å². The molecule has 0 amide bonds. The van der Waals surface area contributed by atoms with Crippen molar-refractivity contribution in [3.63, 3.8) is 0 Å². The van der Waals surface area contributed by atoms with E-state index in [2.05, 4.69) is 15.2 Å². The largest absolute Gasteiger partial charge is 0.378 e. The molecule has 2 aliphatic rings. The first-order valence-electron chi connectivity index (χ1n) is 11.1. The molecule has 5 rings (SSSR count). The molecule has 3 N–H and O–H groups in total. The van der Waals surface area contributed by atoms with Crippen LogP contribution in [0.25, 0.3) is 16.9 Å². The minimum Gasteiger partial charge on any atom is -0.378 e. The van der Waals surface area contributed by atoms with Crippen LogP contribution in [0.4, 0.5) is 11.6 Å². The molecule has 3 atom stereocenters. The number of nitrogens with zero attached hydrogens (tertiary/aromatic N) is 5. The molecule has 2 aromatic heterocycles. The van der Waals surface area contributed by atoms with Gasteiger partial charge in [-0.1, -0.05) is 30.3 Å². The maximum absolute atomic E-state index is 13.3. The fourth-order valence-electron chi connectivity index (χ4n) is 4.60. The zero-order valence-corrected chi connectivity index (χ0v) is 18.4. The van der Waals surface area contributed by atoms with Crippen molar-refractivity contribution in [3.05, 3.63) is 40.8 Å². The molecule has 32 heavy (non-hydrogen) atoms. The molecule has 10 heteroatoms. The van der Waals surface area contributed by atoms with Gasteiger partial charge in [0.25, 0.3) is 0 Å². The van der Waals surface area contributed by atoms with Gasteiger partial charge in [0.1, 0.15) is 11.4 Å². The van der Waals surface area contributed by atoms with Gasteiger partial charge in [-0.15, -0.1) is 5.10 Å². The quantitative estimate of drug-likeness (QED) is 0.612. The number of fused-ring (bicyclic) bond motifs is 1. The molecule has 1 aromatic carbocycles. The Labute approximate surface area is 185 Å². The van der Waals surface area contributed by atoms with E-state index in [1.54, 1.807) is 0 Å². The zero-order chi connectivity index (χ0) is 22.2. The van der Waals surface area contributed by atoms with Crippen molar-refractivity contribution in [1.29, 1.82) is 0 Å². The Kier molecular flexibility index (Phi) is 5.58. The normalized spacial score (nSPS) is 24.2. The topological polar surface area (TPSA) is 112 Å². The van der Waals surface area contributed by atoms with E-state index in [9.17, 15) is 4.79 Å². The van der Waals surface area contributed by atoms with Gasteiger partial charge >= 0.3 is 5.69 Å². The molecule has 0 radical (unpaired) electrons. The smallest absolute Gasteiger partial charge is 0.353 e. The Morgan fingerprint density at radius 2 is 1.94 bits per heavy atom. The number of nitrogens with one attached hydrogen (secondary N) is 1. The van der Waals surface area contributed by atoms with E-state index in [-0.39, 0.29) is 29.9 Å². The predicted molar refractivity (Wildman–Crippen MR) is 122 cm³/mol. The van der Waals surface area contributed by atoms with Gasteiger partial charge in [0, 0.05) is 25.2 Å². The van der Waals surface area contributed by atoms with Gasteiger partial charge in [0.05, 0.1) is 38.0 Å². The van der Waals surface area contributed by atoms with Gasteiger partial charge in [-0.3, -0.25) is 0 Å². The van der Waals surface area contributed by atoms with Crippen LogP contribution in [0.15, 0.2) is 35.1 Å². The Bertz CT molecular complexity index is 1140. The molecule has 2 fully saturated rings. The summed E-state index contributed by atoms with van der Waals surface area (Å²) in [5.74, 6) is 0.126. The number of anilines is 2. The molecule has 2 saturated heterocycles. The molecule has 3 aromatic rings. The summed E-state index contributed by atoms with van der Waals surface area (Å²) < 4.78 is 14.4. The van der Waals surface area contributed by atoms with Crippen LogP contribution in [-0.2, 0) is 16.0 Å². The number of hydrogen-bond acceptors (Lipinski definition) is 8. The van der Waals surface area contributed by atoms with Crippen LogP contribution >= 0.6 is 0 Å². The second kappa shape index (κ2) is 8.53. The van der Waals surface area contributed by atoms with Crippen molar-refractivity contribution in [2.45, 2.75) is 38.6 Å². The first-order valence-corrected chi connectivity index (χ1v) is 11.1. The summed E-state index contributed by atoms with van der Waals surface area (Å²) in [6.45, 7) is 7.80. The number of ether oxygens (including phenoxy) is 2. The summed E-state index contributed by atoms with van der Waals surface area (Å²) in [6, 6.07) is 9.89. The summed E-state index contributed by atoms with van der Waals surface area (Å²) in [5.41, 5.74) is 8.97. The van der Waals surface area contributed by atoms with E-state index < -0.39 is 0 Å². The summed E-state index contributed by atoms with van der Waals surface area (Å²) in [5, 5.41) is 8.12. The number of aromatic nitrogens is 4. The summed E-state index contributed by atoms with van der Waals surface area (Å²) in [7, 11) is 0. The number of nitrogens with two attached hydrogens (primary N) is 1. The van der Waals surface area contributed by atoms with Gasteiger partial charge in [-0.2, -0.15) is 0 Å². The standard InChI is InChI=1S/C22H29N7O3/c1-14-10-27(11-15(2)32-14)19-18(16-6-4-3-5-7-16)25-21(23)29-20(19)26-28(22(29)30)12-17-13-31-9-8-24-17/h3-7,14-15,17,24H,8-13H2,1-2H3,(H2,23,25)/t14-,15+,17-/m0/s1. The van der Waals surface area contributed by atoms with Crippen molar-refractivity contribution < 1.29 is 9.47 Å². The highest BCUT2D eigenvalue weighted by Gasteiger charge is 2.30. The second-order valence-corrected chi connectivity index (χ2v) is 8.55. The summed E-state index contributed by atoms with van der Waals surface area (Å²) in [4.78, 5) is 20.2. The van der Waals surface area contributed by atoms with E-state index in [1.807, 2.05) is 44.2 Å². The SMILES string of the molecule is C[C@@H]1CN(c2c(-c3ccccc3)nc(N)n3c(=O)n(C[C@H]4COCCN4)nc23)C[C@H](C)O1. The number of hydrogen-bond donors (Lipinski definition) is 2. The predicted octanol–water partition coefficient (Wildman–Crippen LogP) is 0.742. The average molecular weight is 440 g/mol. The Balaban J connectivity index is 1.68. The molecule has 2 aliphatic heterocycles. The minimum atomic E-state index is -0.299. The highest BCUT2D eigenvalue weighted by Crippen LogP contribution is 2.34. The molecule has 0 aliphatic carbocycles. The molecule has 0 spiro atoms. The van der Waals surface area contributed by atoms with E-state index >= 15 is 0 Å². The Morgan fingerprint density at radius 3 is 2.62 bits per heavy atom. The third-order valence-electron chi connectivity index (χ3n) is 5.91.